The van der Waals surface area contributed by atoms with Crippen LogP contribution < -0.4 is 19.1 Å². The number of halogens is 1. The number of methoxy groups -OCH3 is 2. The lowest BCUT2D eigenvalue weighted by molar-refractivity contribution is -0.140. The maximum atomic E-state index is 14.2. The molecule has 0 fully saturated rings. The number of unbranched alkanes of at least 4 members (excludes halogenated alkanes) is 1. The second-order valence-electron chi connectivity index (χ2n) is 9.58. The molecule has 0 heterocycles. The molecule has 0 aromatic heterocycles. The van der Waals surface area contributed by atoms with Gasteiger partial charge in [0, 0.05) is 18.1 Å². The molecule has 0 spiro atoms. The molecule has 0 saturated carbocycles. The molecule has 3 rings (SSSR count). The summed E-state index contributed by atoms with van der Waals surface area (Å²) in [5.41, 5.74) is 0.855. The van der Waals surface area contributed by atoms with E-state index in [4.69, 9.17) is 21.1 Å². The molecule has 0 bridgehead atoms. The van der Waals surface area contributed by atoms with Crippen molar-refractivity contribution >= 4 is 39.1 Å². The van der Waals surface area contributed by atoms with Gasteiger partial charge in [0.25, 0.3) is 10.0 Å². The number of ether oxygens (including phenoxy) is 2. The van der Waals surface area contributed by atoms with Crippen molar-refractivity contribution in [1.29, 1.82) is 0 Å². The van der Waals surface area contributed by atoms with Crippen molar-refractivity contribution in [3.8, 4) is 11.5 Å². The standard InChI is InChI=1S/C31H38ClN3O6S/c1-5-7-19-33-31(37)27(6-2)34(21-23-13-16-25(40-3)17-14-23)30(36)22-35(28-20-24(32)15-18-29(28)41-4)42(38,39)26-11-9-8-10-12-26/h8-18,20,27H,5-7,19,21-22H2,1-4H3,(H,33,37)/t27-/m0/s1. The van der Waals surface area contributed by atoms with Crippen LogP contribution in [0.25, 0.3) is 0 Å². The smallest absolute Gasteiger partial charge is 0.264 e. The minimum Gasteiger partial charge on any atom is -0.497 e. The van der Waals surface area contributed by atoms with Gasteiger partial charge in [0.1, 0.15) is 24.1 Å². The fraction of sp³-hybridized carbons (Fsp3) is 0.355. The molecule has 0 aliphatic carbocycles. The van der Waals surface area contributed by atoms with E-state index in [9.17, 15) is 18.0 Å². The maximum Gasteiger partial charge on any atom is 0.264 e. The number of hydrogen-bond donors (Lipinski definition) is 1. The first-order valence-electron chi connectivity index (χ1n) is 13.8. The highest BCUT2D eigenvalue weighted by atomic mass is 35.5. The number of carbonyl (C=O) groups is 2. The first-order chi connectivity index (χ1) is 20.2. The van der Waals surface area contributed by atoms with E-state index in [0.29, 0.717) is 18.7 Å². The Balaban J connectivity index is 2.08. The molecule has 11 heteroatoms. The lowest BCUT2D eigenvalue weighted by atomic mass is 10.1. The predicted octanol–water partition coefficient (Wildman–Crippen LogP) is 5.28. The second kappa shape index (κ2) is 15.5. The molecule has 0 unspecified atom stereocenters. The summed E-state index contributed by atoms with van der Waals surface area (Å²) in [6, 6.07) is 18.7. The zero-order valence-electron chi connectivity index (χ0n) is 24.4. The Morgan fingerprint density at radius 2 is 1.64 bits per heavy atom. The van der Waals surface area contributed by atoms with E-state index in [2.05, 4.69) is 5.32 Å². The Labute approximate surface area is 253 Å². The summed E-state index contributed by atoms with van der Waals surface area (Å²) < 4.78 is 39.7. The predicted molar refractivity (Wildman–Crippen MR) is 165 cm³/mol. The summed E-state index contributed by atoms with van der Waals surface area (Å²) in [4.78, 5) is 28.9. The number of nitrogens with zero attached hydrogens (tertiary/aromatic N) is 2. The minimum atomic E-state index is -4.25. The van der Waals surface area contributed by atoms with Gasteiger partial charge in [0.05, 0.1) is 24.8 Å². The van der Waals surface area contributed by atoms with Crippen molar-refractivity contribution in [2.45, 2.75) is 50.6 Å². The van der Waals surface area contributed by atoms with Crippen LogP contribution in [0, 0.1) is 0 Å². The van der Waals surface area contributed by atoms with E-state index in [-0.39, 0.29) is 33.8 Å². The monoisotopic (exact) mass is 615 g/mol. The molecule has 3 aromatic carbocycles. The lowest BCUT2D eigenvalue weighted by Crippen LogP contribution is -2.52. The van der Waals surface area contributed by atoms with E-state index in [1.54, 1.807) is 61.7 Å². The molecule has 0 saturated heterocycles. The SMILES string of the molecule is CCCCNC(=O)[C@H](CC)N(Cc1ccc(OC)cc1)C(=O)CN(c1cc(Cl)ccc1OC)S(=O)(=O)c1ccccc1. The van der Waals surface area contributed by atoms with Crippen LogP contribution in [-0.2, 0) is 26.2 Å². The number of sulfonamides is 1. The zero-order valence-corrected chi connectivity index (χ0v) is 26.0. The zero-order chi connectivity index (χ0) is 30.7. The van der Waals surface area contributed by atoms with Crippen molar-refractivity contribution in [1.82, 2.24) is 10.2 Å². The molecule has 3 aromatic rings. The molecule has 0 aliphatic heterocycles. The van der Waals surface area contributed by atoms with Crippen LogP contribution >= 0.6 is 11.6 Å². The van der Waals surface area contributed by atoms with Gasteiger partial charge in [-0.25, -0.2) is 8.42 Å². The first-order valence-corrected chi connectivity index (χ1v) is 15.6. The van der Waals surface area contributed by atoms with Crippen LogP contribution in [0.1, 0.15) is 38.7 Å². The summed E-state index contributed by atoms with van der Waals surface area (Å²) in [6.45, 7) is 3.80. The normalized spacial score (nSPS) is 11.8. The summed E-state index contributed by atoms with van der Waals surface area (Å²) in [5.74, 6) is 0.00220. The van der Waals surface area contributed by atoms with Gasteiger partial charge >= 0.3 is 0 Å². The van der Waals surface area contributed by atoms with Crippen LogP contribution in [0.5, 0.6) is 11.5 Å². The second-order valence-corrected chi connectivity index (χ2v) is 11.9. The van der Waals surface area contributed by atoms with E-state index >= 15 is 0 Å². The third-order valence-corrected chi connectivity index (χ3v) is 8.76. The van der Waals surface area contributed by atoms with Gasteiger partial charge in [-0.3, -0.25) is 13.9 Å². The topological polar surface area (TPSA) is 105 Å². The Kier molecular flexibility index (Phi) is 12.1. The van der Waals surface area contributed by atoms with Gasteiger partial charge in [0.2, 0.25) is 11.8 Å². The van der Waals surface area contributed by atoms with Crippen molar-refractivity contribution in [3.05, 3.63) is 83.4 Å². The Morgan fingerprint density at radius 3 is 2.24 bits per heavy atom. The first kappa shape index (κ1) is 32.8. The molecule has 1 atom stereocenters. The molecule has 1 N–H and O–H groups in total. The fourth-order valence-corrected chi connectivity index (χ4v) is 6.05. The van der Waals surface area contributed by atoms with Gasteiger partial charge in [-0.2, -0.15) is 0 Å². The highest BCUT2D eigenvalue weighted by molar-refractivity contribution is 7.92. The maximum absolute atomic E-state index is 14.2. The summed E-state index contributed by atoms with van der Waals surface area (Å²) >= 11 is 6.28. The number of carbonyl (C=O) groups excluding carboxylic acids is 2. The Hall–Kier alpha value is -3.76. The van der Waals surface area contributed by atoms with Crippen LogP contribution in [-0.4, -0.2) is 58.5 Å². The average Bonchev–Trinajstić information content (AvgIpc) is 3.00. The number of benzene rings is 3. The quantitative estimate of drug-likeness (QED) is 0.233. The van der Waals surface area contributed by atoms with E-state index < -0.39 is 28.5 Å². The van der Waals surface area contributed by atoms with Gasteiger partial charge < -0.3 is 19.7 Å². The third-order valence-electron chi connectivity index (χ3n) is 6.75. The summed E-state index contributed by atoms with van der Waals surface area (Å²) in [5, 5.41) is 3.19. The van der Waals surface area contributed by atoms with Gasteiger partial charge in [-0.1, -0.05) is 62.2 Å². The van der Waals surface area contributed by atoms with Crippen LogP contribution in [0.4, 0.5) is 5.69 Å². The number of nitrogens with one attached hydrogen (secondary N) is 1. The Morgan fingerprint density at radius 1 is 0.952 bits per heavy atom. The molecular weight excluding hydrogens is 578 g/mol. The van der Waals surface area contributed by atoms with Gasteiger partial charge in [0.15, 0.2) is 0 Å². The molecule has 9 nitrogen and oxygen atoms in total. The van der Waals surface area contributed by atoms with Crippen LogP contribution in [0.3, 0.4) is 0 Å². The molecule has 42 heavy (non-hydrogen) atoms. The summed E-state index contributed by atoms with van der Waals surface area (Å²) in [6.07, 6.45) is 2.03. The van der Waals surface area contributed by atoms with Crippen molar-refractivity contribution < 1.29 is 27.5 Å². The van der Waals surface area contributed by atoms with Crippen molar-refractivity contribution in [3.63, 3.8) is 0 Å². The largest absolute Gasteiger partial charge is 0.497 e. The molecule has 0 aliphatic rings. The lowest BCUT2D eigenvalue weighted by Gasteiger charge is -2.33. The summed E-state index contributed by atoms with van der Waals surface area (Å²) in [7, 11) is -1.29. The number of amides is 2. The van der Waals surface area contributed by atoms with E-state index in [1.165, 1.54) is 30.2 Å². The van der Waals surface area contributed by atoms with Gasteiger partial charge in [-0.05, 0) is 60.9 Å². The van der Waals surface area contributed by atoms with E-state index in [1.807, 2.05) is 13.8 Å². The van der Waals surface area contributed by atoms with Crippen molar-refractivity contribution in [2.75, 3.05) is 31.6 Å². The molecule has 0 radical (unpaired) electrons. The third kappa shape index (κ3) is 8.17. The highest BCUT2D eigenvalue weighted by Crippen LogP contribution is 2.35. The molecule has 2 amide bonds. The minimum absolute atomic E-state index is 0.00844. The van der Waals surface area contributed by atoms with Crippen LogP contribution in [0.2, 0.25) is 5.02 Å². The highest BCUT2D eigenvalue weighted by Gasteiger charge is 2.34. The average molecular weight is 616 g/mol. The van der Waals surface area contributed by atoms with Gasteiger partial charge in [-0.15, -0.1) is 0 Å². The fourth-order valence-electron chi connectivity index (χ4n) is 4.44. The number of rotatable bonds is 15. The molecular formula is C31H38ClN3O6S. The Bertz CT molecular complexity index is 1430. The molecule has 226 valence electrons. The van der Waals surface area contributed by atoms with Crippen molar-refractivity contribution in [2.24, 2.45) is 0 Å². The number of hydrogen-bond acceptors (Lipinski definition) is 6. The number of anilines is 1. The van der Waals surface area contributed by atoms with Crippen LogP contribution in [0.15, 0.2) is 77.7 Å². The van der Waals surface area contributed by atoms with E-state index in [0.717, 1.165) is 22.7 Å².